The van der Waals surface area contributed by atoms with Gasteiger partial charge in [-0.1, -0.05) is 133 Å². The zero-order valence-electron chi connectivity index (χ0n) is 70.1. The Morgan fingerprint density at radius 1 is 0.514 bits per heavy atom. The van der Waals surface area contributed by atoms with Crippen LogP contribution in [0.25, 0.3) is 0 Å². The van der Waals surface area contributed by atoms with Crippen molar-refractivity contribution in [1.82, 2.24) is 56.0 Å². The predicted octanol–water partition coefficient (Wildman–Crippen LogP) is 5.45. The number of hydrogen-bond acceptors (Lipinski definition) is 16. The molecule has 3 heterocycles. The fourth-order valence-electron chi connectivity index (χ4n) is 16.4. The van der Waals surface area contributed by atoms with Crippen molar-refractivity contribution >= 4 is 70.9 Å². The molecule has 2 saturated carbocycles. The highest BCUT2D eigenvalue weighted by Gasteiger charge is 2.54. The smallest absolute Gasteiger partial charge is 0.336 e. The van der Waals surface area contributed by atoms with Gasteiger partial charge in [0.2, 0.25) is 59.1 Å². The summed E-state index contributed by atoms with van der Waals surface area (Å²) in [4.78, 5) is 193. The number of hydrogen-bond donors (Lipinski definition) is 7. The Labute approximate surface area is 651 Å². The van der Waals surface area contributed by atoms with Gasteiger partial charge in [-0.15, -0.1) is 0 Å². The molecular weight excluding hydrogens is 1400 g/mol. The Hall–Kier alpha value is -6.36. The average molecular weight is 1540 g/mol. The van der Waals surface area contributed by atoms with E-state index in [0.717, 1.165) is 70.6 Å². The second-order valence-electron chi connectivity index (χ2n) is 35.9. The molecule has 0 radical (unpaired) electrons. The number of quaternary nitrogens is 1. The van der Waals surface area contributed by atoms with Crippen molar-refractivity contribution < 1.29 is 81.7 Å². The number of carbonyl (C=O) groups is 12. The first-order chi connectivity index (χ1) is 51.0. The van der Waals surface area contributed by atoms with Crippen LogP contribution in [0.4, 0.5) is 0 Å². The van der Waals surface area contributed by atoms with E-state index in [1.807, 2.05) is 69.2 Å². The number of nitrogens with zero attached hydrogens (tertiary/aromatic N) is 7. The Kier molecular flexibility index (Phi) is 36.8. The summed E-state index contributed by atoms with van der Waals surface area (Å²) in [5.74, 6) is -9.41. The minimum atomic E-state index is -1.68. The number of fused-ring (bicyclic) bond motifs is 1. The van der Waals surface area contributed by atoms with E-state index in [4.69, 9.17) is 9.47 Å². The third-order valence-electron chi connectivity index (χ3n) is 22.7. The van der Waals surface area contributed by atoms with E-state index in [0.29, 0.717) is 25.9 Å². The number of nitrogens with one attached hydrogen (secondary N) is 5. The van der Waals surface area contributed by atoms with Crippen LogP contribution in [-0.2, 0) is 67.0 Å². The van der Waals surface area contributed by atoms with Crippen LogP contribution in [-0.4, -0.2) is 281 Å². The van der Waals surface area contributed by atoms with Crippen LogP contribution in [0.2, 0.25) is 0 Å². The second kappa shape index (κ2) is 43.0. The normalized spacial score (nSPS) is 28.6. The summed E-state index contributed by atoms with van der Waals surface area (Å²) in [5, 5.41) is 36.4. The maximum absolute atomic E-state index is 15.9. The molecule has 28 heteroatoms. The van der Waals surface area contributed by atoms with Gasteiger partial charge in [-0.2, -0.15) is 0 Å². The molecule has 622 valence electrons. The van der Waals surface area contributed by atoms with E-state index in [-0.39, 0.29) is 119 Å². The van der Waals surface area contributed by atoms with Gasteiger partial charge >= 0.3 is 5.91 Å². The second-order valence-corrected chi connectivity index (χ2v) is 35.9. The molecule has 5 rings (SSSR count). The highest BCUT2D eigenvalue weighted by Crippen LogP contribution is 2.34. The molecule has 12 amide bonds. The van der Waals surface area contributed by atoms with E-state index in [9.17, 15) is 19.8 Å². The van der Waals surface area contributed by atoms with Crippen molar-refractivity contribution in [2.45, 2.75) is 322 Å². The molecule has 0 bridgehead atoms. The SMILES string of the molecule is CC(C)C[C@@H]1NC(=O)C[C@@H](C(=O)N2CCCCC2)NC(=O)[C@H](CC(C)C)N(C)C(=O)[C@H](CC2CCCCC2)NC(=O)[C@H](CC2CCCCC2)N(C)C(=O)[C@H]([C@@H](C)O)NC(=O)[C@H](CC(C)C)[N+](C)(C)C(=O)[C@@H]2C[C@@H](OCCO)CN2C(=O)[C@H](CC(C)C)N(C)C(=O)[C@H](COC(C)(C)C)NC(=O)[C@H](CC(C)C)N(C)C1=O. The summed E-state index contributed by atoms with van der Waals surface area (Å²) in [6.07, 6.45) is 8.57. The number of aliphatic hydroxyl groups is 2. The van der Waals surface area contributed by atoms with Crippen molar-refractivity contribution in [2.24, 2.45) is 41.4 Å². The van der Waals surface area contributed by atoms with E-state index < -0.39 is 166 Å². The maximum Gasteiger partial charge on any atom is 0.336 e. The summed E-state index contributed by atoms with van der Waals surface area (Å²) in [5.41, 5.74) is -0.863. The highest BCUT2D eigenvalue weighted by molar-refractivity contribution is 6.00. The maximum atomic E-state index is 15.9. The molecule has 0 aromatic carbocycles. The first-order valence-corrected chi connectivity index (χ1v) is 41.1. The molecule has 5 aliphatic rings. The number of ether oxygens (including phenoxy) is 2. The molecule has 109 heavy (non-hydrogen) atoms. The lowest BCUT2D eigenvalue weighted by atomic mass is 9.83. The lowest BCUT2D eigenvalue weighted by Crippen LogP contribution is -2.67. The average Bonchev–Trinajstić information content (AvgIpc) is 1.69. The molecule has 0 aromatic heterocycles. The first-order valence-electron chi connectivity index (χ1n) is 41.1. The van der Waals surface area contributed by atoms with Crippen LogP contribution in [0.1, 0.15) is 238 Å². The molecule has 0 aromatic rings. The Morgan fingerprint density at radius 3 is 1.47 bits per heavy atom. The zero-order chi connectivity index (χ0) is 81.7. The number of carbonyl (C=O) groups excluding carboxylic acids is 12. The molecule has 0 spiro atoms. The van der Waals surface area contributed by atoms with Crippen molar-refractivity contribution in [3.8, 4) is 0 Å². The third kappa shape index (κ3) is 27.5. The predicted molar refractivity (Wildman–Crippen MR) is 416 cm³/mol. The van der Waals surface area contributed by atoms with Gasteiger partial charge < -0.3 is 75.7 Å². The number of aliphatic hydroxyl groups excluding tert-OH is 2. The van der Waals surface area contributed by atoms with E-state index in [1.165, 1.54) is 59.6 Å². The molecule has 2 aliphatic carbocycles. The molecule has 0 unspecified atom stereocenters. The van der Waals surface area contributed by atoms with E-state index in [1.54, 1.807) is 39.8 Å². The number of likely N-dealkylation sites (tertiary alicyclic amines) is 1. The quantitative estimate of drug-likeness (QED) is 0.0702. The van der Waals surface area contributed by atoms with Crippen molar-refractivity contribution in [2.75, 3.05) is 81.7 Å². The van der Waals surface area contributed by atoms with Gasteiger partial charge in [0.1, 0.15) is 60.4 Å². The van der Waals surface area contributed by atoms with E-state index >= 15 is 47.9 Å². The summed E-state index contributed by atoms with van der Waals surface area (Å²) in [6.45, 7) is 25.0. The van der Waals surface area contributed by atoms with E-state index in [2.05, 4.69) is 26.6 Å². The molecule has 3 aliphatic heterocycles. The summed E-state index contributed by atoms with van der Waals surface area (Å²) in [6, 6.07) is -14.7. The summed E-state index contributed by atoms with van der Waals surface area (Å²) in [7, 11) is 8.89. The van der Waals surface area contributed by atoms with Gasteiger partial charge in [0, 0.05) is 60.7 Å². The minimum Gasteiger partial charge on any atom is -0.394 e. The number of likely N-dealkylation sites (N-methyl/N-ethyl adjacent to an activating group) is 5. The number of amides is 12. The minimum absolute atomic E-state index is 0.00771. The molecule has 7 N–H and O–H groups in total. The van der Waals surface area contributed by atoms with Gasteiger partial charge in [0.25, 0.3) is 5.91 Å². The van der Waals surface area contributed by atoms with Gasteiger partial charge in [0.15, 0.2) is 6.04 Å². The first kappa shape index (κ1) is 93.2. The van der Waals surface area contributed by atoms with Crippen LogP contribution in [0.3, 0.4) is 0 Å². The van der Waals surface area contributed by atoms with Crippen LogP contribution in [0, 0.1) is 41.4 Å². The van der Waals surface area contributed by atoms with Crippen LogP contribution >= 0.6 is 0 Å². The van der Waals surface area contributed by atoms with Crippen molar-refractivity contribution in [3.63, 3.8) is 0 Å². The lowest BCUT2D eigenvalue weighted by Gasteiger charge is -2.41. The molecule has 13 atom stereocenters. The third-order valence-corrected chi connectivity index (χ3v) is 22.7. The topological polar surface area (TPSA) is 343 Å². The Morgan fingerprint density at radius 2 is 0.963 bits per heavy atom. The lowest BCUT2D eigenvalue weighted by molar-refractivity contribution is -0.832. The highest BCUT2D eigenvalue weighted by atomic mass is 16.5. The standard InChI is InChI=1S/C81H142N12O16/c1-49(2)38-58-74(101)87(15)63(40-51(5)6)71(98)85-61(48-109-81(12,13)14)76(103)90(18)65(41-52(7)8)78(105)92-47-57(108-37-36-94)45-66(92)80(107)93(19,20)67(42-53(9)10)73(100)86-69(54(11)95)79(106)89(17)64(44-56-32-26-22-27-33-56)72(99)83-59(43-55-30-24-21-25-31-55)75(102)88(16)62(39-50(3)4)70(97)84-60(46-68(96)82-58)77(104)91-34-28-23-29-35-91/h49-67,69,94-95H,21-48H2,1-20H3,(H4-,82,83,84,85,86,96,97,98,99,100)/p+1/t54-,57-,58+,59+,60+,61+,62+,63+,64+,65+,66+,67+,69+/m1/s1. The van der Waals surface area contributed by atoms with Gasteiger partial charge in [-0.05, 0) is 127 Å². The van der Waals surface area contributed by atoms with Gasteiger partial charge in [0.05, 0.1) is 58.1 Å². The zero-order valence-corrected chi connectivity index (χ0v) is 70.1. The van der Waals surface area contributed by atoms with Crippen LogP contribution in [0.5, 0.6) is 0 Å². The molecular formula is C81H143N12O16+. The van der Waals surface area contributed by atoms with Crippen LogP contribution < -0.4 is 26.6 Å². The number of rotatable bonds is 21. The molecule has 3 saturated heterocycles. The van der Waals surface area contributed by atoms with Crippen molar-refractivity contribution in [3.05, 3.63) is 0 Å². The monoisotopic (exact) mass is 1540 g/mol. The Bertz CT molecular complexity index is 3030. The van der Waals surface area contributed by atoms with Crippen molar-refractivity contribution in [1.29, 1.82) is 0 Å². The van der Waals surface area contributed by atoms with Crippen LogP contribution in [0.15, 0.2) is 0 Å². The van der Waals surface area contributed by atoms with Gasteiger partial charge in [-0.3, -0.25) is 57.2 Å². The fourth-order valence-corrected chi connectivity index (χ4v) is 16.4. The molecule has 5 fully saturated rings. The van der Waals surface area contributed by atoms with Gasteiger partial charge in [-0.25, -0.2) is 4.79 Å². The summed E-state index contributed by atoms with van der Waals surface area (Å²) >= 11 is 0. The fraction of sp³-hybridized carbons (Fsp3) is 0.852. The Balaban J connectivity index is 1.77. The summed E-state index contributed by atoms with van der Waals surface area (Å²) < 4.78 is 11.7. The largest absolute Gasteiger partial charge is 0.394 e. The number of piperidine rings is 1. The molecule has 28 nitrogen and oxygen atoms in total.